The van der Waals surface area contributed by atoms with Gasteiger partial charge in [-0.3, -0.25) is 24.7 Å². The SMILES string of the molecule is COC(=O)c1cc(-c2ccccc2)on1.Cc1cc(-c2ncc(CCC(=O)c3cc(-c4ccccc4)on3)cc2C)ccn1.Cc1cc(-c2ncc(CN)cc2C)ccn1.O=C(O)c1cc(-c2ccccc2)on1. The van der Waals surface area contributed by atoms with Crippen molar-refractivity contribution in [2.45, 2.75) is 47.1 Å². The molecule has 7 aromatic heterocycles. The molecule has 0 aliphatic heterocycles. The largest absolute Gasteiger partial charge is 0.476 e. The van der Waals surface area contributed by atoms with Gasteiger partial charge < -0.3 is 29.1 Å². The van der Waals surface area contributed by atoms with Crippen molar-refractivity contribution in [1.29, 1.82) is 0 Å². The van der Waals surface area contributed by atoms with E-state index in [1.54, 1.807) is 18.3 Å². The summed E-state index contributed by atoms with van der Waals surface area (Å²) in [6, 6.07) is 45.1. The third kappa shape index (κ3) is 14.3. The number of nitrogens with two attached hydrogens (primary N) is 1. The lowest BCUT2D eigenvalue weighted by Gasteiger charge is -2.08. The molecule has 3 N–H and O–H groups in total. The van der Waals surface area contributed by atoms with Crippen molar-refractivity contribution in [1.82, 2.24) is 35.4 Å². The molecule has 0 saturated heterocycles. The van der Waals surface area contributed by atoms with Gasteiger partial charge in [0.2, 0.25) is 0 Å². The molecular formula is C58H52N8O8. The lowest BCUT2D eigenvalue weighted by molar-refractivity contribution is 0.0588. The number of pyridine rings is 4. The maximum Gasteiger partial charge on any atom is 0.360 e. The van der Waals surface area contributed by atoms with E-state index in [-0.39, 0.29) is 17.2 Å². The molecule has 0 amide bonds. The Morgan fingerprint density at radius 3 is 1.35 bits per heavy atom. The van der Waals surface area contributed by atoms with E-state index in [9.17, 15) is 14.4 Å². The number of aryl methyl sites for hydroxylation is 5. The molecule has 372 valence electrons. The molecule has 3 aromatic carbocycles. The molecule has 0 atom stereocenters. The van der Waals surface area contributed by atoms with E-state index in [1.165, 1.54) is 13.2 Å². The van der Waals surface area contributed by atoms with Crippen LogP contribution in [0.4, 0.5) is 0 Å². The van der Waals surface area contributed by atoms with E-state index in [2.05, 4.69) is 59.2 Å². The molecule has 16 heteroatoms. The number of esters is 1. The second kappa shape index (κ2) is 25.5. The van der Waals surface area contributed by atoms with Gasteiger partial charge in [0.05, 0.1) is 18.5 Å². The lowest BCUT2D eigenvalue weighted by Crippen LogP contribution is -2.02. The zero-order valence-electron chi connectivity index (χ0n) is 41.3. The number of Topliss-reactive ketones (excluding diaryl/α,β-unsaturated/α-hetero) is 1. The van der Waals surface area contributed by atoms with Crippen LogP contribution >= 0.6 is 0 Å². The second-order valence-corrected chi connectivity index (χ2v) is 16.6. The van der Waals surface area contributed by atoms with Gasteiger partial charge in [0.15, 0.2) is 34.5 Å². The summed E-state index contributed by atoms with van der Waals surface area (Å²) in [5.74, 6) is -0.0123. The summed E-state index contributed by atoms with van der Waals surface area (Å²) in [4.78, 5) is 51.6. The van der Waals surface area contributed by atoms with Gasteiger partial charge in [0, 0.05) is 95.2 Å². The van der Waals surface area contributed by atoms with Gasteiger partial charge in [-0.1, -0.05) is 119 Å². The van der Waals surface area contributed by atoms with Gasteiger partial charge in [-0.15, -0.1) is 0 Å². The third-order valence-electron chi connectivity index (χ3n) is 11.1. The van der Waals surface area contributed by atoms with Crippen LogP contribution in [0.15, 0.2) is 184 Å². The average Bonchev–Trinajstić information content (AvgIpc) is 4.25. The molecule has 0 saturated carbocycles. The summed E-state index contributed by atoms with van der Waals surface area (Å²) in [6.07, 6.45) is 8.23. The Hall–Kier alpha value is -9.54. The van der Waals surface area contributed by atoms with Crippen molar-refractivity contribution in [3.63, 3.8) is 0 Å². The molecule has 0 unspecified atom stereocenters. The highest BCUT2D eigenvalue weighted by molar-refractivity contribution is 5.95. The normalized spacial score (nSPS) is 10.4. The van der Waals surface area contributed by atoms with Crippen molar-refractivity contribution in [3.8, 4) is 56.5 Å². The molecule has 0 aliphatic carbocycles. The Balaban J connectivity index is 0.000000153. The number of benzene rings is 3. The minimum Gasteiger partial charge on any atom is -0.476 e. The molecule has 7 heterocycles. The van der Waals surface area contributed by atoms with E-state index in [0.29, 0.717) is 42.4 Å². The van der Waals surface area contributed by atoms with Crippen molar-refractivity contribution in [2.75, 3.05) is 7.11 Å². The Morgan fingerprint density at radius 2 is 0.932 bits per heavy atom. The van der Waals surface area contributed by atoms with Crippen molar-refractivity contribution >= 4 is 17.7 Å². The first-order valence-electron chi connectivity index (χ1n) is 23.3. The standard InChI is InChI=1S/C24H21N3O2.C13H15N3.C11H9NO3.C10H7NO3/c1-16-12-18(15-26-24(16)20-10-11-25-17(2)13-20)8-9-22(28)21-14-23(29-27-21)19-6-4-3-5-7-19;1-9-5-11(7-14)8-16-13(9)12-3-4-15-10(2)6-12;1-14-11(13)9-7-10(15-12-9)8-5-3-2-4-6-8;12-10(13)8-6-9(14-11-8)7-4-2-1-3-5-7/h3-7,10-15H,8-9H2,1-2H3;3-6,8H,7,14H2,1-2H3;2-7H,1H3;1-6H,(H,12,13). The van der Waals surface area contributed by atoms with Crippen LogP contribution in [0, 0.1) is 27.7 Å². The van der Waals surface area contributed by atoms with Crippen LogP contribution in [0.3, 0.4) is 0 Å². The number of ketones is 1. The summed E-state index contributed by atoms with van der Waals surface area (Å²) in [5.41, 5.74) is 19.0. The zero-order chi connectivity index (χ0) is 52.4. The maximum absolute atomic E-state index is 12.5. The minimum atomic E-state index is -1.09. The van der Waals surface area contributed by atoms with Crippen molar-refractivity contribution in [3.05, 3.63) is 221 Å². The minimum absolute atomic E-state index is 0.0394. The fourth-order valence-corrected chi connectivity index (χ4v) is 7.36. The van der Waals surface area contributed by atoms with Crippen LogP contribution in [-0.4, -0.2) is 65.3 Å². The smallest absolute Gasteiger partial charge is 0.360 e. The van der Waals surface area contributed by atoms with Gasteiger partial charge >= 0.3 is 11.9 Å². The van der Waals surface area contributed by atoms with Gasteiger partial charge in [-0.2, -0.15) is 0 Å². The van der Waals surface area contributed by atoms with Crippen LogP contribution in [-0.2, 0) is 17.7 Å². The van der Waals surface area contributed by atoms with E-state index >= 15 is 0 Å². The molecule has 16 nitrogen and oxygen atoms in total. The monoisotopic (exact) mass is 988 g/mol. The number of carboxylic acid groups (broad SMARTS) is 1. The fourth-order valence-electron chi connectivity index (χ4n) is 7.36. The first kappa shape index (κ1) is 52.3. The highest BCUT2D eigenvalue weighted by atomic mass is 16.5. The Kier molecular flexibility index (Phi) is 18.0. The van der Waals surface area contributed by atoms with E-state index in [0.717, 1.165) is 72.8 Å². The molecule has 10 rings (SSSR count). The molecule has 10 aromatic rings. The molecule has 0 fully saturated rings. The first-order chi connectivity index (χ1) is 35.9. The van der Waals surface area contributed by atoms with E-state index in [1.807, 2.05) is 155 Å². The Labute approximate surface area is 426 Å². The number of aromatic carboxylic acids is 1. The summed E-state index contributed by atoms with van der Waals surface area (Å²) in [7, 11) is 1.30. The number of hydrogen-bond donors (Lipinski definition) is 2. The Morgan fingerprint density at radius 1 is 0.514 bits per heavy atom. The number of hydrogen-bond acceptors (Lipinski definition) is 15. The highest BCUT2D eigenvalue weighted by Gasteiger charge is 2.16. The summed E-state index contributed by atoms with van der Waals surface area (Å²) in [5, 5.41) is 19.6. The number of nitrogens with zero attached hydrogens (tertiary/aromatic N) is 7. The third-order valence-corrected chi connectivity index (χ3v) is 11.1. The van der Waals surface area contributed by atoms with Gasteiger partial charge in [0.25, 0.3) is 0 Å². The molecule has 0 spiro atoms. The highest BCUT2D eigenvalue weighted by Crippen LogP contribution is 2.26. The number of carbonyl (C=O) groups excluding carboxylic acids is 2. The molecule has 0 radical (unpaired) electrons. The Bertz CT molecular complexity index is 3450. The lowest BCUT2D eigenvalue weighted by atomic mass is 10.0. The summed E-state index contributed by atoms with van der Waals surface area (Å²) >= 11 is 0. The number of ether oxygens (including phenoxy) is 1. The number of methoxy groups -OCH3 is 1. The molecule has 0 aliphatic rings. The molecule has 0 bridgehead atoms. The quantitative estimate of drug-likeness (QED) is 0.0855. The average molecular weight is 989 g/mol. The van der Waals surface area contributed by atoms with E-state index in [4.69, 9.17) is 24.4 Å². The van der Waals surface area contributed by atoms with Gasteiger partial charge in [-0.25, -0.2) is 9.59 Å². The van der Waals surface area contributed by atoms with Crippen LogP contribution in [0.25, 0.3) is 56.5 Å². The van der Waals surface area contributed by atoms with Gasteiger partial charge in [-0.05, 0) is 80.6 Å². The molecular weight excluding hydrogens is 937 g/mol. The maximum atomic E-state index is 12.5. The van der Waals surface area contributed by atoms with Crippen molar-refractivity contribution < 1.29 is 37.8 Å². The van der Waals surface area contributed by atoms with Crippen LogP contribution in [0.2, 0.25) is 0 Å². The molecule has 74 heavy (non-hydrogen) atoms. The number of carbonyl (C=O) groups is 3. The summed E-state index contributed by atoms with van der Waals surface area (Å²) in [6.45, 7) is 8.56. The van der Waals surface area contributed by atoms with Crippen LogP contribution in [0.1, 0.15) is 71.5 Å². The predicted molar refractivity (Wildman–Crippen MR) is 279 cm³/mol. The van der Waals surface area contributed by atoms with Gasteiger partial charge in [0.1, 0.15) is 5.69 Å². The summed E-state index contributed by atoms with van der Waals surface area (Å²) < 4.78 is 19.8. The fraction of sp³-hybridized carbons (Fsp3) is 0.138. The number of aromatic nitrogens is 7. The number of carboxylic acids is 1. The van der Waals surface area contributed by atoms with Crippen LogP contribution < -0.4 is 5.73 Å². The van der Waals surface area contributed by atoms with Crippen molar-refractivity contribution in [2.24, 2.45) is 5.73 Å². The van der Waals surface area contributed by atoms with Crippen LogP contribution in [0.5, 0.6) is 0 Å². The second-order valence-electron chi connectivity index (χ2n) is 16.6. The predicted octanol–water partition coefficient (Wildman–Crippen LogP) is 11.6. The zero-order valence-corrected chi connectivity index (χ0v) is 41.3. The van der Waals surface area contributed by atoms with E-state index < -0.39 is 11.9 Å². The number of rotatable bonds is 12. The first-order valence-corrected chi connectivity index (χ1v) is 23.3. The topological polar surface area (TPSA) is 236 Å².